The fourth-order valence-corrected chi connectivity index (χ4v) is 2.50. The van der Waals surface area contributed by atoms with E-state index in [1.807, 2.05) is 60.8 Å². The highest BCUT2D eigenvalue weighted by molar-refractivity contribution is 6.70. The summed E-state index contributed by atoms with van der Waals surface area (Å²) in [6.07, 6.45) is 1.87. The summed E-state index contributed by atoms with van der Waals surface area (Å²) in [6, 6.07) is 18.0. The van der Waals surface area contributed by atoms with Crippen molar-refractivity contribution in [3.05, 3.63) is 60.2 Å². The Morgan fingerprint density at radius 1 is 0.895 bits per heavy atom. The molecule has 0 unspecified atom stereocenters. The van der Waals surface area contributed by atoms with Gasteiger partial charge in [0, 0.05) is 6.21 Å². The Morgan fingerprint density at radius 2 is 1.53 bits per heavy atom. The highest BCUT2D eigenvalue weighted by Crippen LogP contribution is 2.29. The van der Waals surface area contributed by atoms with E-state index in [2.05, 4.69) is 24.6 Å². The van der Waals surface area contributed by atoms with Crippen molar-refractivity contribution in [2.24, 2.45) is 4.99 Å². The monoisotopic (exact) mass is 269 g/mol. The van der Waals surface area contributed by atoms with E-state index in [4.69, 9.17) is 4.43 Å². The van der Waals surface area contributed by atoms with Gasteiger partial charge in [-0.2, -0.15) is 0 Å². The van der Waals surface area contributed by atoms with Crippen LogP contribution in [0.2, 0.25) is 19.6 Å². The second-order valence-electron chi connectivity index (χ2n) is 5.35. The van der Waals surface area contributed by atoms with E-state index in [0.717, 1.165) is 17.0 Å². The second kappa shape index (κ2) is 5.84. The number of para-hydroxylation sites is 2. The van der Waals surface area contributed by atoms with Gasteiger partial charge in [0.2, 0.25) is 8.32 Å². The first-order valence-electron chi connectivity index (χ1n) is 6.42. The molecule has 2 nitrogen and oxygen atoms in total. The summed E-state index contributed by atoms with van der Waals surface area (Å²) < 4.78 is 6.05. The third-order valence-corrected chi connectivity index (χ3v) is 3.27. The Bertz CT molecular complexity index is 558. The maximum atomic E-state index is 6.05. The normalized spacial score (nSPS) is 11.7. The smallest absolute Gasteiger partial charge is 0.242 e. The minimum atomic E-state index is -1.61. The number of hydrogen-bond donors (Lipinski definition) is 0. The van der Waals surface area contributed by atoms with Gasteiger partial charge in [-0.25, -0.2) is 0 Å². The highest BCUT2D eigenvalue weighted by Gasteiger charge is 2.17. The summed E-state index contributed by atoms with van der Waals surface area (Å²) in [5.74, 6) is 0.869. The van der Waals surface area contributed by atoms with Gasteiger partial charge in [-0.1, -0.05) is 42.5 Å². The molecular weight excluding hydrogens is 250 g/mol. The van der Waals surface area contributed by atoms with Crippen LogP contribution in [0.25, 0.3) is 0 Å². The van der Waals surface area contributed by atoms with Crippen LogP contribution in [0, 0.1) is 0 Å². The molecule has 2 aromatic rings. The lowest BCUT2D eigenvalue weighted by Crippen LogP contribution is -2.29. The first-order chi connectivity index (χ1) is 9.04. The van der Waals surface area contributed by atoms with Crippen LogP contribution in [0.15, 0.2) is 59.6 Å². The van der Waals surface area contributed by atoms with Gasteiger partial charge in [-0.15, -0.1) is 0 Å². The molecule has 2 rings (SSSR count). The Hall–Kier alpha value is -1.87. The van der Waals surface area contributed by atoms with Crippen molar-refractivity contribution in [2.75, 3.05) is 0 Å². The quantitative estimate of drug-likeness (QED) is 0.585. The molecule has 0 atom stereocenters. The molecule has 0 aliphatic rings. The molecule has 0 aliphatic carbocycles. The average molecular weight is 269 g/mol. The molecule has 0 N–H and O–H groups in total. The van der Waals surface area contributed by atoms with Crippen LogP contribution in [-0.4, -0.2) is 14.5 Å². The van der Waals surface area contributed by atoms with E-state index in [-0.39, 0.29) is 0 Å². The lowest BCUT2D eigenvalue weighted by Gasteiger charge is -2.20. The maximum Gasteiger partial charge on any atom is 0.242 e. The van der Waals surface area contributed by atoms with E-state index in [1.54, 1.807) is 0 Å². The largest absolute Gasteiger partial charge is 0.543 e. The minimum Gasteiger partial charge on any atom is -0.543 e. The van der Waals surface area contributed by atoms with Gasteiger partial charge in [-0.05, 0) is 37.3 Å². The molecule has 0 saturated carbocycles. The Balaban J connectivity index is 2.23. The lowest BCUT2D eigenvalue weighted by molar-refractivity contribution is 0.559. The molecule has 0 saturated heterocycles. The van der Waals surface area contributed by atoms with Crippen molar-refractivity contribution in [1.82, 2.24) is 0 Å². The summed E-state index contributed by atoms with van der Waals surface area (Å²) >= 11 is 0. The summed E-state index contributed by atoms with van der Waals surface area (Å²) in [5, 5.41) is 0. The molecule has 98 valence electrons. The highest BCUT2D eigenvalue weighted by atomic mass is 28.4. The fraction of sp³-hybridized carbons (Fsp3) is 0.188. The van der Waals surface area contributed by atoms with Crippen molar-refractivity contribution in [1.29, 1.82) is 0 Å². The fourth-order valence-electron chi connectivity index (χ4n) is 1.66. The SMILES string of the molecule is C[Si](C)(C)Oc1ccccc1N=Cc1ccccc1. The summed E-state index contributed by atoms with van der Waals surface area (Å²) in [6.45, 7) is 6.51. The van der Waals surface area contributed by atoms with E-state index in [9.17, 15) is 0 Å². The number of nitrogens with zero attached hydrogens (tertiary/aromatic N) is 1. The van der Waals surface area contributed by atoms with Crippen LogP contribution < -0.4 is 4.43 Å². The predicted molar refractivity (Wildman–Crippen MR) is 84.1 cm³/mol. The summed E-state index contributed by atoms with van der Waals surface area (Å²) in [7, 11) is -1.61. The molecule has 2 aromatic carbocycles. The van der Waals surface area contributed by atoms with Crippen LogP contribution in [0.4, 0.5) is 5.69 Å². The zero-order valence-corrected chi connectivity index (χ0v) is 12.6. The number of hydrogen-bond acceptors (Lipinski definition) is 2. The Kier molecular flexibility index (Phi) is 4.17. The topological polar surface area (TPSA) is 21.6 Å². The molecule has 0 fully saturated rings. The number of rotatable bonds is 4. The molecule has 0 aliphatic heterocycles. The third-order valence-electron chi connectivity index (χ3n) is 2.43. The van der Waals surface area contributed by atoms with Crippen LogP contribution in [-0.2, 0) is 0 Å². The van der Waals surface area contributed by atoms with Crippen LogP contribution in [0.5, 0.6) is 5.75 Å². The molecule has 0 amide bonds. The molecule has 19 heavy (non-hydrogen) atoms. The van der Waals surface area contributed by atoms with Crippen molar-refractivity contribution >= 4 is 20.2 Å². The molecule has 3 heteroatoms. The van der Waals surface area contributed by atoms with Crippen LogP contribution in [0.1, 0.15) is 5.56 Å². The third kappa shape index (κ3) is 4.37. The molecule has 0 heterocycles. The van der Waals surface area contributed by atoms with Gasteiger partial charge >= 0.3 is 0 Å². The average Bonchev–Trinajstić information content (AvgIpc) is 2.37. The lowest BCUT2D eigenvalue weighted by atomic mass is 10.2. The van der Waals surface area contributed by atoms with Gasteiger partial charge in [0.25, 0.3) is 0 Å². The van der Waals surface area contributed by atoms with Crippen molar-refractivity contribution in [3.63, 3.8) is 0 Å². The van der Waals surface area contributed by atoms with Crippen molar-refractivity contribution < 1.29 is 4.43 Å². The van der Waals surface area contributed by atoms with Crippen LogP contribution in [0.3, 0.4) is 0 Å². The molecular formula is C16H19NOSi. The summed E-state index contributed by atoms with van der Waals surface area (Å²) in [4.78, 5) is 4.53. The minimum absolute atomic E-state index is 0.869. The summed E-state index contributed by atoms with van der Waals surface area (Å²) in [5.41, 5.74) is 1.97. The van der Waals surface area contributed by atoms with Crippen molar-refractivity contribution in [2.45, 2.75) is 19.6 Å². The first kappa shape index (κ1) is 13.6. The predicted octanol–water partition coefficient (Wildman–Crippen LogP) is 4.65. The van der Waals surface area contributed by atoms with E-state index < -0.39 is 8.32 Å². The second-order valence-corrected chi connectivity index (χ2v) is 9.78. The van der Waals surface area contributed by atoms with Crippen molar-refractivity contribution in [3.8, 4) is 5.75 Å². The zero-order chi connectivity index (χ0) is 13.7. The van der Waals surface area contributed by atoms with E-state index in [0.29, 0.717) is 0 Å². The van der Waals surface area contributed by atoms with Crippen LogP contribution >= 0.6 is 0 Å². The van der Waals surface area contributed by atoms with Gasteiger partial charge in [0.05, 0.1) is 0 Å². The van der Waals surface area contributed by atoms with E-state index >= 15 is 0 Å². The van der Waals surface area contributed by atoms with Gasteiger partial charge in [0.1, 0.15) is 11.4 Å². The van der Waals surface area contributed by atoms with Gasteiger partial charge in [-0.3, -0.25) is 4.99 Å². The molecule has 0 spiro atoms. The molecule has 0 aromatic heterocycles. The Morgan fingerprint density at radius 3 is 2.21 bits per heavy atom. The number of benzene rings is 2. The maximum absolute atomic E-state index is 6.05. The Labute approximate surface area is 115 Å². The standard InChI is InChI=1S/C16H19NOSi/c1-19(2,3)18-16-12-8-7-11-15(16)17-13-14-9-5-4-6-10-14/h4-13H,1-3H3. The zero-order valence-electron chi connectivity index (χ0n) is 11.6. The molecule has 0 radical (unpaired) electrons. The van der Waals surface area contributed by atoms with E-state index in [1.165, 1.54) is 0 Å². The first-order valence-corrected chi connectivity index (χ1v) is 9.83. The van der Waals surface area contributed by atoms with Gasteiger partial charge in [0.15, 0.2) is 0 Å². The van der Waals surface area contributed by atoms with Gasteiger partial charge < -0.3 is 4.43 Å². The number of aliphatic imine (C=N–C) groups is 1. The molecule has 0 bridgehead atoms.